The van der Waals surface area contributed by atoms with Crippen molar-refractivity contribution in [2.45, 2.75) is 38.8 Å². The number of rotatable bonds is 4. The van der Waals surface area contributed by atoms with Crippen molar-refractivity contribution < 1.29 is 4.79 Å². The molecular formula is C20H23N5O. The van der Waals surface area contributed by atoms with Crippen LogP contribution in [0.1, 0.15) is 47.3 Å². The number of primary amides is 1. The molecule has 6 heteroatoms. The fourth-order valence-corrected chi connectivity index (χ4v) is 3.88. The van der Waals surface area contributed by atoms with Crippen molar-refractivity contribution >= 4 is 16.8 Å². The summed E-state index contributed by atoms with van der Waals surface area (Å²) in [6, 6.07) is 10.2. The summed E-state index contributed by atoms with van der Waals surface area (Å²) in [5.41, 5.74) is 8.60. The van der Waals surface area contributed by atoms with Gasteiger partial charge in [0, 0.05) is 24.0 Å². The lowest BCUT2D eigenvalue weighted by atomic mass is 9.96. The number of nitrogens with one attached hydrogen (secondary N) is 1. The van der Waals surface area contributed by atoms with Crippen molar-refractivity contribution in [2.75, 3.05) is 6.54 Å². The Morgan fingerprint density at radius 3 is 2.96 bits per heavy atom. The van der Waals surface area contributed by atoms with Gasteiger partial charge in [-0.05, 0) is 68.4 Å². The number of hydrogen-bond donors (Lipinski definition) is 2. The van der Waals surface area contributed by atoms with Crippen LogP contribution >= 0.6 is 0 Å². The molecule has 3 aromatic rings. The van der Waals surface area contributed by atoms with Gasteiger partial charge in [0.15, 0.2) is 0 Å². The molecule has 1 amide bonds. The Morgan fingerprint density at radius 1 is 1.31 bits per heavy atom. The highest BCUT2D eigenvalue weighted by atomic mass is 16.1. The molecule has 6 nitrogen and oxygen atoms in total. The Balaban J connectivity index is 1.67. The number of nitrogens with two attached hydrogens (primary N) is 1. The van der Waals surface area contributed by atoms with E-state index in [0.29, 0.717) is 5.82 Å². The molecule has 1 atom stereocenters. The van der Waals surface area contributed by atoms with E-state index in [4.69, 9.17) is 5.73 Å². The molecule has 134 valence electrons. The second kappa shape index (κ2) is 6.21. The Kier molecular flexibility index (Phi) is 4.00. The standard InChI is InChI=1S/C20H23N5O/c1-13-10-17(18(21)26)24-19(23-13)20(2)7-3-9-25(20)12-14-4-5-16-15(11-14)6-8-22-16/h4-6,8,10-11,22H,3,7,9,12H2,1-2H3,(H2,21,26). The first-order chi connectivity index (χ1) is 12.5. The van der Waals surface area contributed by atoms with Crippen LogP contribution in [0.4, 0.5) is 0 Å². The van der Waals surface area contributed by atoms with Gasteiger partial charge in [-0.2, -0.15) is 0 Å². The van der Waals surface area contributed by atoms with Crippen LogP contribution in [0.15, 0.2) is 36.5 Å². The molecule has 0 radical (unpaired) electrons. The Bertz CT molecular complexity index is 979. The van der Waals surface area contributed by atoms with Crippen LogP contribution in [0.3, 0.4) is 0 Å². The lowest BCUT2D eigenvalue weighted by Gasteiger charge is -2.34. The van der Waals surface area contributed by atoms with Gasteiger partial charge >= 0.3 is 0 Å². The summed E-state index contributed by atoms with van der Waals surface area (Å²) >= 11 is 0. The average molecular weight is 349 g/mol. The van der Waals surface area contributed by atoms with Crippen LogP contribution in [-0.2, 0) is 12.1 Å². The molecule has 1 aliphatic rings. The van der Waals surface area contributed by atoms with Gasteiger partial charge in [-0.15, -0.1) is 0 Å². The van der Waals surface area contributed by atoms with Crippen LogP contribution in [0.25, 0.3) is 10.9 Å². The van der Waals surface area contributed by atoms with Gasteiger partial charge in [0.05, 0.1) is 5.54 Å². The topological polar surface area (TPSA) is 87.9 Å². The number of carbonyl (C=O) groups is 1. The first kappa shape index (κ1) is 16.7. The number of fused-ring (bicyclic) bond motifs is 1. The van der Waals surface area contributed by atoms with E-state index >= 15 is 0 Å². The minimum Gasteiger partial charge on any atom is -0.364 e. The van der Waals surface area contributed by atoms with E-state index in [0.717, 1.165) is 37.1 Å². The molecular weight excluding hydrogens is 326 g/mol. The molecule has 1 unspecified atom stereocenters. The normalized spacial score (nSPS) is 20.7. The Morgan fingerprint density at radius 2 is 2.15 bits per heavy atom. The van der Waals surface area contributed by atoms with E-state index in [1.807, 2.05) is 13.1 Å². The van der Waals surface area contributed by atoms with Crippen molar-refractivity contribution in [3.8, 4) is 0 Å². The van der Waals surface area contributed by atoms with Crippen molar-refractivity contribution in [3.05, 3.63) is 59.3 Å². The molecule has 1 fully saturated rings. The van der Waals surface area contributed by atoms with Gasteiger partial charge in [-0.25, -0.2) is 9.97 Å². The number of aryl methyl sites for hydroxylation is 1. The number of H-pyrrole nitrogens is 1. The molecule has 26 heavy (non-hydrogen) atoms. The van der Waals surface area contributed by atoms with Gasteiger partial charge in [0.1, 0.15) is 11.5 Å². The molecule has 4 rings (SSSR count). The third-order valence-electron chi connectivity index (χ3n) is 5.37. The number of carbonyl (C=O) groups excluding carboxylic acids is 1. The van der Waals surface area contributed by atoms with Gasteiger partial charge in [0.2, 0.25) is 0 Å². The van der Waals surface area contributed by atoms with Crippen LogP contribution < -0.4 is 5.73 Å². The van der Waals surface area contributed by atoms with Crippen molar-refractivity contribution in [1.82, 2.24) is 19.9 Å². The SMILES string of the molecule is Cc1cc(C(N)=O)nc(C2(C)CCCN2Cc2ccc3[nH]ccc3c2)n1. The molecule has 0 bridgehead atoms. The summed E-state index contributed by atoms with van der Waals surface area (Å²) in [5, 5.41) is 1.21. The highest BCUT2D eigenvalue weighted by molar-refractivity contribution is 5.90. The van der Waals surface area contributed by atoms with Crippen LogP contribution in [0.2, 0.25) is 0 Å². The number of nitrogens with zero attached hydrogens (tertiary/aromatic N) is 3. The summed E-state index contributed by atoms with van der Waals surface area (Å²) in [5.74, 6) is 0.175. The maximum Gasteiger partial charge on any atom is 0.267 e. The minimum atomic E-state index is -0.511. The molecule has 0 saturated carbocycles. The van der Waals surface area contributed by atoms with Crippen molar-refractivity contribution in [2.24, 2.45) is 5.73 Å². The summed E-state index contributed by atoms with van der Waals surface area (Å²) in [4.78, 5) is 26.4. The fraction of sp³-hybridized carbons (Fsp3) is 0.350. The van der Waals surface area contributed by atoms with Crippen LogP contribution in [-0.4, -0.2) is 32.3 Å². The van der Waals surface area contributed by atoms with E-state index in [2.05, 4.69) is 51.0 Å². The lowest BCUT2D eigenvalue weighted by molar-refractivity contribution is 0.0991. The largest absolute Gasteiger partial charge is 0.364 e. The monoisotopic (exact) mass is 349 g/mol. The lowest BCUT2D eigenvalue weighted by Crippen LogP contribution is -2.40. The summed E-state index contributed by atoms with van der Waals surface area (Å²) in [6.45, 7) is 5.83. The van der Waals surface area contributed by atoms with Crippen LogP contribution in [0.5, 0.6) is 0 Å². The van der Waals surface area contributed by atoms with Gasteiger partial charge in [-0.1, -0.05) is 6.07 Å². The molecule has 3 N–H and O–H groups in total. The summed E-state index contributed by atoms with van der Waals surface area (Å²) in [6.07, 6.45) is 3.99. The predicted molar refractivity (Wildman–Crippen MR) is 101 cm³/mol. The quantitative estimate of drug-likeness (QED) is 0.758. The highest BCUT2D eigenvalue weighted by Gasteiger charge is 2.41. The third-order valence-corrected chi connectivity index (χ3v) is 5.37. The number of amides is 1. The average Bonchev–Trinajstić information content (AvgIpc) is 3.21. The number of hydrogen-bond acceptors (Lipinski definition) is 4. The zero-order chi connectivity index (χ0) is 18.3. The summed E-state index contributed by atoms with van der Waals surface area (Å²) < 4.78 is 0. The number of aromatic nitrogens is 3. The smallest absolute Gasteiger partial charge is 0.267 e. The number of benzene rings is 1. The van der Waals surface area contributed by atoms with Gasteiger partial charge in [-0.3, -0.25) is 9.69 Å². The van der Waals surface area contributed by atoms with Crippen molar-refractivity contribution in [1.29, 1.82) is 0 Å². The summed E-state index contributed by atoms with van der Waals surface area (Å²) in [7, 11) is 0. The van der Waals surface area contributed by atoms with Crippen LogP contribution in [0, 0.1) is 6.92 Å². The molecule has 3 heterocycles. The molecule has 0 aliphatic carbocycles. The molecule has 1 aromatic carbocycles. The zero-order valence-electron chi connectivity index (χ0n) is 15.1. The Labute approximate surface area is 152 Å². The second-order valence-corrected chi connectivity index (χ2v) is 7.28. The molecule has 0 spiro atoms. The third kappa shape index (κ3) is 2.86. The first-order valence-corrected chi connectivity index (χ1v) is 8.93. The van der Waals surface area contributed by atoms with E-state index in [1.165, 1.54) is 10.9 Å². The maximum absolute atomic E-state index is 11.6. The molecule has 2 aromatic heterocycles. The number of likely N-dealkylation sites (tertiary alicyclic amines) is 1. The minimum absolute atomic E-state index is 0.286. The predicted octanol–water partition coefficient (Wildman–Crippen LogP) is 2.88. The highest BCUT2D eigenvalue weighted by Crippen LogP contribution is 2.38. The fourth-order valence-electron chi connectivity index (χ4n) is 3.88. The first-order valence-electron chi connectivity index (χ1n) is 8.93. The van der Waals surface area contributed by atoms with E-state index in [1.54, 1.807) is 6.07 Å². The maximum atomic E-state index is 11.6. The zero-order valence-corrected chi connectivity index (χ0v) is 15.1. The van der Waals surface area contributed by atoms with E-state index in [-0.39, 0.29) is 11.2 Å². The Hall–Kier alpha value is -2.73. The van der Waals surface area contributed by atoms with E-state index < -0.39 is 5.91 Å². The van der Waals surface area contributed by atoms with Gasteiger partial charge in [0.25, 0.3) is 5.91 Å². The number of aromatic amines is 1. The molecule has 1 saturated heterocycles. The van der Waals surface area contributed by atoms with E-state index in [9.17, 15) is 4.79 Å². The second-order valence-electron chi connectivity index (χ2n) is 7.28. The van der Waals surface area contributed by atoms with Gasteiger partial charge < -0.3 is 10.7 Å². The molecule has 1 aliphatic heterocycles. The van der Waals surface area contributed by atoms with Crippen molar-refractivity contribution in [3.63, 3.8) is 0 Å².